The van der Waals surface area contributed by atoms with Crippen LogP contribution in [-0.4, -0.2) is 70.2 Å². The topological polar surface area (TPSA) is 92.6 Å². The van der Waals surface area contributed by atoms with Crippen LogP contribution < -0.4 is 4.74 Å². The van der Waals surface area contributed by atoms with Crippen LogP contribution in [0.5, 0.6) is 5.75 Å². The van der Waals surface area contributed by atoms with Crippen molar-refractivity contribution in [2.24, 2.45) is 0 Å². The lowest BCUT2D eigenvalue weighted by molar-refractivity contribution is 0.0362. The fraction of sp³-hybridized carbons (Fsp3) is 0.333. The Kier molecular flexibility index (Phi) is 7.76. The zero-order valence-electron chi connectivity index (χ0n) is 23.7. The van der Waals surface area contributed by atoms with Crippen molar-refractivity contribution < 1.29 is 19.4 Å². The molecule has 1 aliphatic heterocycles. The predicted octanol–water partition coefficient (Wildman–Crippen LogP) is 5.84. The Hall–Kier alpha value is -4.14. The Morgan fingerprint density at radius 1 is 1.00 bits per heavy atom. The van der Waals surface area contributed by atoms with E-state index in [1.54, 1.807) is 0 Å². The summed E-state index contributed by atoms with van der Waals surface area (Å²) in [4.78, 5) is 15.2. The maximum absolute atomic E-state index is 12.9. The second kappa shape index (κ2) is 11.8. The van der Waals surface area contributed by atoms with Crippen LogP contribution in [0.4, 0.5) is 0 Å². The third kappa shape index (κ3) is 5.33. The minimum atomic E-state index is -0.903. The van der Waals surface area contributed by atoms with E-state index in [4.69, 9.17) is 9.47 Å². The highest BCUT2D eigenvalue weighted by Crippen LogP contribution is 2.37. The van der Waals surface area contributed by atoms with Crippen molar-refractivity contribution in [1.29, 1.82) is 0 Å². The molecular formula is C33H36N4O4. The summed E-state index contributed by atoms with van der Waals surface area (Å²) in [6.45, 7) is 8.96. The summed E-state index contributed by atoms with van der Waals surface area (Å²) >= 11 is 0. The van der Waals surface area contributed by atoms with Crippen LogP contribution in [0.1, 0.15) is 33.9 Å². The Labute approximate surface area is 239 Å². The molecule has 2 aromatic heterocycles. The van der Waals surface area contributed by atoms with Gasteiger partial charge in [0, 0.05) is 53.8 Å². The molecule has 0 aliphatic carbocycles. The summed E-state index contributed by atoms with van der Waals surface area (Å²) in [5.41, 5.74) is 6.09. The molecule has 0 spiro atoms. The van der Waals surface area contributed by atoms with E-state index in [9.17, 15) is 9.90 Å². The summed E-state index contributed by atoms with van der Waals surface area (Å²) in [5.74, 6) is -0.0533. The molecule has 212 valence electrons. The van der Waals surface area contributed by atoms with E-state index in [2.05, 4.69) is 45.4 Å². The number of benzene rings is 3. The van der Waals surface area contributed by atoms with Gasteiger partial charge in [0.05, 0.1) is 31.0 Å². The minimum Gasteiger partial charge on any atom is -0.493 e. The van der Waals surface area contributed by atoms with Gasteiger partial charge in [-0.15, -0.1) is 0 Å². The number of nitrogens with zero attached hydrogens (tertiary/aromatic N) is 3. The standard InChI is InChI=1S/C33H36N4O4/c1-22-30(23(2)35-34-22)28-12-6-11-26-27(13-7-19-41-29-14-5-9-24-8-3-4-10-25(24)29)32(33(38)39)37(31(26)28)16-15-36-17-20-40-21-18-36/h3-6,8-12,14H,7,13,15-21H2,1-2H3,(H,34,35)(H,38,39). The molecule has 3 heterocycles. The molecule has 0 atom stereocenters. The van der Waals surface area contributed by atoms with Crippen molar-refractivity contribution in [2.75, 3.05) is 39.5 Å². The largest absolute Gasteiger partial charge is 0.493 e. The minimum absolute atomic E-state index is 0.365. The second-order valence-corrected chi connectivity index (χ2v) is 10.7. The number of rotatable bonds is 10. The maximum atomic E-state index is 12.9. The van der Waals surface area contributed by atoms with Gasteiger partial charge in [-0.2, -0.15) is 5.10 Å². The summed E-state index contributed by atoms with van der Waals surface area (Å²) in [7, 11) is 0. The molecule has 0 radical (unpaired) electrons. The number of hydrogen-bond acceptors (Lipinski definition) is 5. The number of H-pyrrole nitrogens is 1. The van der Waals surface area contributed by atoms with Crippen molar-refractivity contribution in [3.05, 3.63) is 83.3 Å². The number of fused-ring (bicyclic) bond motifs is 2. The Morgan fingerprint density at radius 3 is 2.54 bits per heavy atom. The fourth-order valence-corrected chi connectivity index (χ4v) is 6.17. The monoisotopic (exact) mass is 552 g/mol. The van der Waals surface area contributed by atoms with E-state index in [1.165, 1.54) is 0 Å². The van der Waals surface area contributed by atoms with E-state index >= 15 is 0 Å². The molecule has 41 heavy (non-hydrogen) atoms. The van der Waals surface area contributed by atoms with Gasteiger partial charge in [-0.3, -0.25) is 10.00 Å². The molecule has 1 saturated heterocycles. The number of aryl methyl sites for hydroxylation is 3. The number of nitrogens with one attached hydrogen (secondary N) is 1. The van der Waals surface area contributed by atoms with E-state index in [0.717, 1.165) is 75.1 Å². The first-order chi connectivity index (χ1) is 20.0. The van der Waals surface area contributed by atoms with Crippen LogP contribution in [0.15, 0.2) is 60.7 Å². The molecule has 8 heteroatoms. The van der Waals surface area contributed by atoms with Gasteiger partial charge < -0.3 is 19.1 Å². The van der Waals surface area contributed by atoms with Crippen molar-refractivity contribution in [2.45, 2.75) is 33.2 Å². The number of ether oxygens (including phenoxy) is 2. The van der Waals surface area contributed by atoms with Crippen LogP contribution in [0.25, 0.3) is 32.8 Å². The van der Waals surface area contributed by atoms with Gasteiger partial charge in [0.25, 0.3) is 0 Å². The smallest absolute Gasteiger partial charge is 0.352 e. The molecular weight excluding hydrogens is 516 g/mol. The highest BCUT2D eigenvalue weighted by atomic mass is 16.5. The molecule has 6 rings (SSSR count). The number of morpholine rings is 1. The molecule has 0 bridgehead atoms. The van der Waals surface area contributed by atoms with Gasteiger partial charge in [0.15, 0.2) is 0 Å². The lowest BCUT2D eigenvalue weighted by Gasteiger charge is -2.27. The molecule has 0 unspecified atom stereocenters. The van der Waals surface area contributed by atoms with E-state index in [-0.39, 0.29) is 0 Å². The quantitative estimate of drug-likeness (QED) is 0.211. The van der Waals surface area contributed by atoms with E-state index in [0.29, 0.717) is 44.9 Å². The van der Waals surface area contributed by atoms with Gasteiger partial charge in [-0.1, -0.05) is 54.6 Å². The Bertz CT molecular complexity index is 1670. The number of aromatic carboxylic acids is 1. The normalized spacial score (nSPS) is 14.2. The Morgan fingerprint density at radius 2 is 1.76 bits per heavy atom. The molecule has 0 amide bonds. The number of carboxylic acid groups (broad SMARTS) is 1. The average Bonchev–Trinajstić information content (AvgIpc) is 3.50. The summed E-state index contributed by atoms with van der Waals surface area (Å²) in [6.07, 6.45) is 1.29. The van der Waals surface area contributed by atoms with Crippen LogP contribution in [0.3, 0.4) is 0 Å². The van der Waals surface area contributed by atoms with Crippen LogP contribution in [0, 0.1) is 13.8 Å². The zero-order chi connectivity index (χ0) is 28.3. The summed E-state index contributed by atoms with van der Waals surface area (Å²) < 4.78 is 13.8. The number of carboxylic acids is 1. The fourth-order valence-electron chi connectivity index (χ4n) is 6.17. The number of aromatic nitrogens is 3. The van der Waals surface area contributed by atoms with Crippen LogP contribution in [0.2, 0.25) is 0 Å². The predicted molar refractivity (Wildman–Crippen MR) is 161 cm³/mol. The first kappa shape index (κ1) is 27.1. The number of carbonyl (C=O) groups is 1. The van der Waals surface area contributed by atoms with Crippen molar-refractivity contribution >= 4 is 27.6 Å². The van der Waals surface area contributed by atoms with Crippen molar-refractivity contribution in [1.82, 2.24) is 19.7 Å². The summed E-state index contributed by atoms with van der Waals surface area (Å²) in [5, 5.41) is 21.3. The lowest BCUT2D eigenvalue weighted by Crippen LogP contribution is -2.38. The zero-order valence-corrected chi connectivity index (χ0v) is 23.7. The summed E-state index contributed by atoms with van der Waals surface area (Å²) in [6, 6.07) is 20.4. The van der Waals surface area contributed by atoms with Gasteiger partial charge in [0.1, 0.15) is 11.4 Å². The first-order valence-electron chi connectivity index (χ1n) is 14.3. The van der Waals surface area contributed by atoms with Crippen LogP contribution in [-0.2, 0) is 17.7 Å². The van der Waals surface area contributed by atoms with E-state index in [1.807, 2.05) is 48.7 Å². The van der Waals surface area contributed by atoms with Crippen LogP contribution >= 0.6 is 0 Å². The first-order valence-corrected chi connectivity index (χ1v) is 14.3. The molecule has 1 aliphatic rings. The second-order valence-electron chi connectivity index (χ2n) is 10.7. The molecule has 2 N–H and O–H groups in total. The van der Waals surface area contributed by atoms with Crippen molar-refractivity contribution in [3.8, 4) is 16.9 Å². The van der Waals surface area contributed by atoms with Gasteiger partial charge >= 0.3 is 5.97 Å². The number of para-hydroxylation sites is 1. The highest BCUT2D eigenvalue weighted by Gasteiger charge is 2.26. The lowest BCUT2D eigenvalue weighted by atomic mass is 9.98. The van der Waals surface area contributed by atoms with Gasteiger partial charge in [0.2, 0.25) is 0 Å². The molecule has 0 saturated carbocycles. The third-order valence-corrected chi connectivity index (χ3v) is 8.11. The van der Waals surface area contributed by atoms with Gasteiger partial charge in [-0.25, -0.2) is 4.79 Å². The van der Waals surface area contributed by atoms with Gasteiger partial charge in [-0.05, 0) is 43.7 Å². The average molecular weight is 553 g/mol. The molecule has 3 aromatic carbocycles. The number of hydrogen-bond donors (Lipinski definition) is 2. The molecule has 5 aromatic rings. The molecule has 8 nitrogen and oxygen atoms in total. The van der Waals surface area contributed by atoms with E-state index < -0.39 is 5.97 Å². The molecule has 1 fully saturated rings. The SMILES string of the molecule is Cc1n[nH]c(C)c1-c1cccc2c(CCCOc3cccc4ccccc34)c(C(=O)O)n(CCN3CCOCC3)c12. The Balaban J connectivity index is 1.35. The number of aromatic amines is 1. The van der Waals surface area contributed by atoms with Crippen molar-refractivity contribution in [3.63, 3.8) is 0 Å². The third-order valence-electron chi connectivity index (χ3n) is 8.11. The maximum Gasteiger partial charge on any atom is 0.352 e. The highest BCUT2D eigenvalue weighted by molar-refractivity contribution is 6.04.